The highest BCUT2D eigenvalue weighted by Gasteiger charge is 2.05. The normalized spacial score (nSPS) is 10.1. The number of rotatable bonds is 4. The van der Waals surface area contributed by atoms with Crippen molar-refractivity contribution in [2.24, 2.45) is 0 Å². The fraction of sp³-hybridized carbons (Fsp3) is 0.200. The number of hydrogen-bond donors (Lipinski definition) is 1. The van der Waals surface area contributed by atoms with Gasteiger partial charge in [0.15, 0.2) is 0 Å². The predicted octanol–water partition coefficient (Wildman–Crippen LogP) is 1.83. The molecule has 1 N–H and O–H groups in total. The maximum absolute atomic E-state index is 8.83. The van der Waals surface area contributed by atoms with Crippen LogP contribution < -0.4 is 9.47 Å². The van der Waals surface area contributed by atoms with Gasteiger partial charge >= 0.3 is 0 Å². The number of methoxy groups -OCH3 is 1. The number of hydrogen-bond acceptors (Lipinski definition) is 6. The standard InChI is InChI=1S/C10H10N2O3S/c1-14-7-3-2-4-8(5-7)15-10-12-11-9(6-13)16-10/h2-5,13H,6H2,1H3. The lowest BCUT2D eigenvalue weighted by atomic mass is 10.3. The van der Waals surface area contributed by atoms with E-state index in [0.29, 0.717) is 21.7 Å². The Kier molecular flexibility index (Phi) is 3.33. The average Bonchev–Trinajstić information content (AvgIpc) is 2.77. The Morgan fingerprint density at radius 1 is 1.31 bits per heavy atom. The van der Waals surface area contributed by atoms with Crippen molar-refractivity contribution in [2.45, 2.75) is 6.61 Å². The zero-order valence-corrected chi connectivity index (χ0v) is 9.40. The first-order valence-corrected chi connectivity index (χ1v) is 5.38. The van der Waals surface area contributed by atoms with Gasteiger partial charge in [0.2, 0.25) is 0 Å². The maximum atomic E-state index is 8.83. The number of benzene rings is 1. The molecule has 0 aliphatic rings. The zero-order chi connectivity index (χ0) is 11.4. The second-order valence-electron chi connectivity index (χ2n) is 2.90. The Bertz CT molecular complexity index is 473. The molecule has 0 atom stereocenters. The van der Waals surface area contributed by atoms with E-state index in [4.69, 9.17) is 14.6 Å². The maximum Gasteiger partial charge on any atom is 0.299 e. The largest absolute Gasteiger partial charge is 0.497 e. The fourth-order valence-electron chi connectivity index (χ4n) is 1.11. The highest BCUT2D eigenvalue weighted by atomic mass is 32.1. The van der Waals surface area contributed by atoms with Gasteiger partial charge in [-0.3, -0.25) is 0 Å². The van der Waals surface area contributed by atoms with E-state index in [-0.39, 0.29) is 6.61 Å². The molecule has 16 heavy (non-hydrogen) atoms. The number of aliphatic hydroxyl groups excluding tert-OH is 1. The summed E-state index contributed by atoms with van der Waals surface area (Å²) in [6.07, 6.45) is 0. The SMILES string of the molecule is COc1cccc(Oc2nnc(CO)s2)c1. The number of aromatic nitrogens is 2. The van der Waals surface area contributed by atoms with E-state index in [1.54, 1.807) is 19.2 Å². The molecule has 0 bridgehead atoms. The zero-order valence-electron chi connectivity index (χ0n) is 8.58. The summed E-state index contributed by atoms with van der Waals surface area (Å²) in [5, 5.41) is 17.3. The lowest BCUT2D eigenvalue weighted by molar-refractivity contribution is 0.280. The van der Waals surface area contributed by atoms with Crippen molar-refractivity contribution in [3.63, 3.8) is 0 Å². The molecule has 0 aliphatic carbocycles. The first-order chi connectivity index (χ1) is 7.81. The predicted molar refractivity (Wildman–Crippen MR) is 58.9 cm³/mol. The second kappa shape index (κ2) is 4.91. The van der Waals surface area contributed by atoms with Crippen LogP contribution in [-0.2, 0) is 6.61 Å². The van der Waals surface area contributed by atoms with E-state index >= 15 is 0 Å². The molecule has 0 saturated heterocycles. The molecule has 1 aromatic heterocycles. The Morgan fingerprint density at radius 3 is 2.81 bits per heavy atom. The smallest absolute Gasteiger partial charge is 0.299 e. The summed E-state index contributed by atoms with van der Waals surface area (Å²) in [5.74, 6) is 1.34. The molecule has 5 nitrogen and oxygen atoms in total. The van der Waals surface area contributed by atoms with Crippen molar-refractivity contribution in [2.75, 3.05) is 7.11 Å². The van der Waals surface area contributed by atoms with E-state index in [1.165, 1.54) is 11.3 Å². The first kappa shape index (κ1) is 10.8. The Hall–Kier alpha value is -1.66. The summed E-state index contributed by atoms with van der Waals surface area (Å²) in [5.41, 5.74) is 0. The lowest BCUT2D eigenvalue weighted by Gasteiger charge is -2.03. The van der Waals surface area contributed by atoms with Gasteiger partial charge in [-0.05, 0) is 12.1 Å². The average molecular weight is 238 g/mol. The van der Waals surface area contributed by atoms with Crippen LogP contribution in [0.1, 0.15) is 5.01 Å². The third-order valence-electron chi connectivity index (χ3n) is 1.83. The second-order valence-corrected chi connectivity index (χ2v) is 3.93. The van der Waals surface area contributed by atoms with E-state index in [1.807, 2.05) is 12.1 Å². The molecule has 2 rings (SSSR count). The fourth-order valence-corrected chi connectivity index (χ4v) is 1.68. The van der Waals surface area contributed by atoms with Gasteiger partial charge in [0, 0.05) is 6.07 Å². The number of nitrogens with zero attached hydrogens (tertiary/aromatic N) is 2. The van der Waals surface area contributed by atoms with Crippen LogP contribution in [0.2, 0.25) is 0 Å². The third kappa shape index (κ3) is 2.47. The van der Waals surface area contributed by atoms with Gasteiger partial charge in [0.1, 0.15) is 16.5 Å². The number of ether oxygens (including phenoxy) is 2. The van der Waals surface area contributed by atoms with Gasteiger partial charge < -0.3 is 14.6 Å². The summed E-state index contributed by atoms with van der Waals surface area (Å²) in [6, 6.07) is 7.19. The van der Waals surface area contributed by atoms with Crippen LogP contribution in [0.15, 0.2) is 24.3 Å². The first-order valence-electron chi connectivity index (χ1n) is 4.57. The molecule has 0 radical (unpaired) electrons. The Labute approximate surface area is 96.3 Å². The van der Waals surface area contributed by atoms with E-state index in [9.17, 15) is 0 Å². The van der Waals surface area contributed by atoms with Crippen molar-refractivity contribution in [1.29, 1.82) is 0 Å². The van der Waals surface area contributed by atoms with Gasteiger partial charge in [-0.25, -0.2) is 0 Å². The summed E-state index contributed by atoms with van der Waals surface area (Å²) >= 11 is 1.21. The van der Waals surface area contributed by atoms with Gasteiger partial charge in [0.05, 0.1) is 13.7 Å². The van der Waals surface area contributed by atoms with Gasteiger partial charge in [-0.1, -0.05) is 22.5 Å². The van der Waals surface area contributed by atoms with Crippen LogP contribution >= 0.6 is 11.3 Å². The molecule has 0 spiro atoms. The Balaban J connectivity index is 2.13. The molecule has 1 aromatic carbocycles. The summed E-state index contributed by atoms with van der Waals surface area (Å²) in [7, 11) is 1.59. The summed E-state index contributed by atoms with van der Waals surface area (Å²) in [6.45, 7) is -0.126. The van der Waals surface area contributed by atoms with E-state index < -0.39 is 0 Å². The van der Waals surface area contributed by atoms with Crippen LogP contribution in [0.5, 0.6) is 16.7 Å². The van der Waals surface area contributed by atoms with Crippen LogP contribution in [0, 0.1) is 0 Å². The molecular weight excluding hydrogens is 228 g/mol. The van der Waals surface area contributed by atoms with Crippen LogP contribution in [0.3, 0.4) is 0 Å². The molecule has 0 saturated carbocycles. The Morgan fingerprint density at radius 2 is 2.12 bits per heavy atom. The molecule has 2 aromatic rings. The minimum Gasteiger partial charge on any atom is -0.497 e. The molecule has 0 amide bonds. The highest BCUT2D eigenvalue weighted by molar-refractivity contribution is 7.13. The molecule has 84 valence electrons. The van der Waals surface area contributed by atoms with Crippen molar-refractivity contribution >= 4 is 11.3 Å². The molecule has 0 aliphatic heterocycles. The van der Waals surface area contributed by atoms with Gasteiger partial charge in [0.25, 0.3) is 5.19 Å². The minimum atomic E-state index is -0.126. The quantitative estimate of drug-likeness (QED) is 0.880. The van der Waals surface area contributed by atoms with Crippen LogP contribution in [-0.4, -0.2) is 22.4 Å². The minimum absolute atomic E-state index is 0.126. The van der Waals surface area contributed by atoms with Crippen LogP contribution in [0.4, 0.5) is 0 Å². The van der Waals surface area contributed by atoms with E-state index in [2.05, 4.69) is 10.2 Å². The molecule has 1 heterocycles. The summed E-state index contributed by atoms with van der Waals surface area (Å²) in [4.78, 5) is 0. The number of aliphatic hydroxyl groups is 1. The van der Waals surface area contributed by atoms with Crippen molar-refractivity contribution in [3.8, 4) is 16.7 Å². The van der Waals surface area contributed by atoms with E-state index in [0.717, 1.165) is 0 Å². The molecular formula is C10H10N2O3S. The molecule has 0 unspecified atom stereocenters. The van der Waals surface area contributed by atoms with Gasteiger partial charge in [-0.2, -0.15) is 0 Å². The third-order valence-corrected chi connectivity index (χ3v) is 2.62. The highest BCUT2D eigenvalue weighted by Crippen LogP contribution is 2.27. The molecule has 0 fully saturated rings. The van der Waals surface area contributed by atoms with Crippen LogP contribution in [0.25, 0.3) is 0 Å². The molecule has 6 heteroatoms. The lowest BCUT2D eigenvalue weighted by Crippen LogP contribution is -1.86. The van der Waals surface area contributed by atoms with Gasteiger partial charge in [-0.15, -0.1) is 5.10 Å². The van der Waals surface area contributed by atoms with Crippen molar-refractivity contribution < 1.29 is 14.6 Å². The topological polar surface area (TPSA) is 64.5 Å². The van der Waals surface area contributed by atoms with Crippen molar-refractivity contribution in [3.05, 3.63) is 29.3 Å². The van der Waals surface area contributed by atoms with Crippen molar-refractivity contribution in [1.82, 2.24) is 10.2 Å². The monoisotopic (exact) mass is 238 g/mol. The summed E-state index contributed by atoms with van der Waals surface area (Å²) < 4.78 is 10.5.